The second-order valence-electron chi connectivity index (χ2n) is 5.30. The number of methoxy groups -OCH3 is 1. The maximum Gasteiger partial charge on any atom is 0.216 e. The molecule has 3 rings (SSSR count). The van der Waals surface area contributed by atoms with Crippen LogP contribution in [-0.4, -0.2) is 41.4 Å². The van der Waals surface area contributed by atoms with E-state index in [1.807, 2.05) is 12.1 Å². The minimum Gasteiger partial charge on any atom is -0.493 e. The molecule has 0 amide bonds. The van der Waals surface area contributed by atoms with Crippen molar-refractivity contribution in [3.05, 3.63) is 34.4 Å². The predicted molar refractivity (Wildman–Crippen MR) is 92.4 cm³/mol. The van der Waals surface area contributed by atoms with E-state index in [1.165, 1.54) is 7.11 Å². The number of nitriles is 1. The Morgan fingerprint density at radius 3 is 3.16 bits per heavy atom. The van der Waals surface area contributed by atoms with Crippen molar-refractivity contribution in [2.45, 2.75) is 18.9 Å². The van der Waals surface area contributed by atoms with Crippen molar-refractivity contribution < 1.29 is 14.2 Å². The molecule has 1 fully saturated rings. The van der Waals surface area contributed by atoms with E-state index in [2.05, 4.69) is 15.3 Å². The third-order valence-electron chi connectivity index (χ3n) is 3.70. The van der Waals surface area contributed by atoms with Crippen LogP contribution in [0, 0.1) is 16.1 Å². The van der Waals surface area contributed by atoms with Crippen molar-refractivity contribution in [1.29, 1.82) is 5.26 Å². The first kappa shape index (κ1) is 17.1. The smallest absolute Gasteiger partial charge is 0.216 e. The Labute approximate surface area is 149 Å². The standard InChI is InChI=1S/C16H17N5O3S/c1-22-14-9-11(4-5-12(14)24-8-6-17)10-18-21-15(19-20-16(21)25)13-3-2-7-23-13/h4-5,9-10,13H,2-3,7-8H2,1H3,(H,20,25)/b18-10-/t13-/m1/s1. The normalized spacial score (nSPS) is 16.9. The molecule has 1 N–H and O–H groups in total. The number of rotatable bonds is 6. The summed E-state index contributed by atoms with van der Waals surface area (Å²) in [5.41, 5.74) is 0.794. The van der Waals surface area contributed by atoms with Gasteiger partial charge in [0.15, 0.2) is 23.9 Å². The van der Waals surface area contributed by atoms with E-state index in [0.29, 0.717) is 22.1 Å². The molecule has 0 radical (unpaired) electrons. The topological polar surface area (TPSA) is 97.5 Å². The average Bonchev–Trinajstić information content (AvgIpc) is 3.28. The van der Waals surface area contributed by atoms with Gasteiger partial charge in [0.1, 0.15) is 12.2 Å². The highest BCUT2D eigenvalue weighted by molar-refractivity contribution is 7.71. The van der Waals surface area contributed by atoms with Gasteiger partial charge in [0.25, 0.3) is 0 Å². The van der Waals surface area contributed by atoms with Crippen LogP contribution in [0.15, 0.2) is 23.3 Å². The third-order valence-corrected chi connectivity index (χ3v) is 3.96. The number of H-pyrrole nitrogens is 1. The summed E-state index contributed by atoms with van der Waals surface area (Å²) in [7, 11) is 1.54. The van der Waals surface area contributed by atoms with Crippen LogP contribution in [0.2, 0.25) is 0 Å². The highest BCUT2D eigenvalue weighted by Gasteiger charge is 2.23. The molecule has 0 saturated carbocycles. The third kappa shape index (κ3) is 3.87. The lowest BCUT2D eigenvalue weighted by atomic mass is 10.2. The minimum atomic E-state index is -0.0959. The lowest BCUT2D eigenvalue weighted by Gasteiger charge is -2.09. The Hall–Kier alpha value is -2.70. The second kappa shape index (κ2) is 7.92. The fourth-order valence-corrected chi connectivity index (χ4v) is 2.71. The molecule has 1 aromatic heterocycles. The van der Waals surface area contributed by atoms with E-state index in [4.69, 9.17) is 31.7 Å². The molecule has 1 aliphatic heterocycles. The molecule has 1 aliphatic rings. The van der Waals surface area contributed by atoms with Crippen molar-refractivity contribution in [3.8, 4) is 17.6 Å². The summed E-state index contributed by atoms with van der Waals surface area (Å²) >= 11 is 5.24. The first-order chi connectivity index (χ1) is 12.2. The van der Waals surface area contributed by atoms with Crippen LogP contribution >= 0.6 is 12.2 Å². The average molecular weight is 359 g/mol. The molecule has 8 nitrogen and oxygen atoms in total. The van der Waals surface area contributed by atoms with Crippen LogP contribution in [0.25, 0.3) is 0 Å². The highest BCUT2D eigenvalue weighted by Crippen LogP contribution is 2.28. The van der Waals surface area contributed by atoms with E-state index in [9.17, 15) is 0 Å². The molecule has 0 unspecified atom stereocenters. The Morgan fingerprint density at radius 2 is 2.44 bits per heavy atom. The van der Waals surface area contributed by atoms with Gasteiger partial charge in [-0.3, -0.25) is 5.10 Å². The predicted octanol–water partition coefficient (Wildman–Crippen LogP) is 2.59. The van der Waals surface area contributed by atoms with E-state index < -0.39 is 0 Å². The van der Waals surface area contributed by atoms with Gasteiger partial charge in [-0.05, 0) is 48.8 Å². The number of benzene rings is 1. The van der Waals surface area contributed by atoms with Gasteiger partial charge in [0.2, 0.25) is 4.77 Å². The number of aromatic nitrogens is 3. The summed E-state index contributed by atoms with van der Waals surface area (Å²) in [5, 5.41) is 20.0. The minimum absolute atomic E-state index is 0.0429. The van der Waals surface area contributed by atoms with E-state index in [-0.39, 0.29) is 12.7 Å². The summed E-state index contributed by atoms with van der Waals surface area (Å²) in [5.74, 6) is 1.69. The fourth-order valence-electron chi connectivity index (χ4n) is 2.52. The van der Waals surface area contributed by atoms with Gasteiger partial charge in [0.05, 0.1) is 13.3 Å². The quantitative estimate of drug-likeness (QED) is 0.629. The number of aromatic amines is 1. The van der Waals surface area contributed by atoms with E-state index >= 15 is 0 Å². The van der Waals surface area contributed by atoms with Gasteiger partial charge in [0, 0.05) is 6.61 Å². The zero-order valence-electron chi connectivity index (χ0n) is 13.6. The Kier molecular flexibility index (Phi) is 5.42. The molecule has 2 heterocycles. The summed E-state index contributed by atoms with van der Waals surface area (Å²) in [6.07, 6.45) is 3.45. The second-order valence-corrected chi connectivity index (χ2v) is 5.69. The van der Waals surface area contributed by atoms with Crippen molar-refractivity contribution in [3.63, 3.8) is 0 Å². The number of hydrogen-bond acceptors (Lipinski definition) is 7. The summed E-state index contributed by atoms with van der Waals surface area (Å²) in [6, 6.07) is 7.24. The number of nitrogens with one attached hydrogen (secondary N) is 1. The van der Waals surface area contributed by atoms with Crippen LogP contribution in [0.4, 0.5) is 0 Å². The highest BCUT2D eigenvalue weighted by atomic mass is 32.1. The molecule has 25 heavy (non-hydrogen) atoms. The SMILES string of the molecule is COc1cc(/C=N\n2c([C@H]3CCCO3)n[nH]c2=S)ccc1OCC#N. The zero-order valence-corrected chi connectivity index (χ0v) is 14.5. The largest absolute Gasteiger partial charge is 0.493 e. The van der Waals surface area contributed by atoms with Crippen LogP contribution in [0.5, 0.6) is 11.5 Å². The van der Waals surface area contributed by atoms with Gasteiger partial charge >= 0.3 is 0 Å². The Morgan fingerprint density at radius 1 is 1.56 bits per heavy atom. The summed E-state index contributed by atoms with van der Waals surface area (Å²) in [6.45, 7) is 0.675. The lowest BCUT2D eigenvalue weighted by Crippen LogP contribution is -2.05. The number of ether oxygens (including phenoxy) is 3. The molecular weight excluding hydrogens is 342 g/mol. The summed E-state index contributed by atoms with van der Waals surface area (Å²) in [4.78, 5) is 0. The Bertz CT molecular complexity index is 861. The first-order valence-corrected chi connectivity index (χ1v) is 8.15. The molecule has 0 spiro atoms. The molecule has 130 valence electrons. The molecule has 1 atom stereocenters. The monoisotopic (exact) mass is 359 g/mol. The van der Waals surface area contributed by atoms with Gasteiger partial charge in [-0.2, -0.15) is 20.1 Å². The van der Waals surface area contributed by atoms with Gasteiger partial charge in [-0.1, -0.05) is 0 Å². The van der Waals surface area contributed by atoms with Crippen LogP contribution < -0.4 is 9.47 Å². The maximum absolute atomic E-state index is 8.61. The molecule has 1 saturated heterocycles. The van der Waals surface area contributed by atoms with Crippen molar-refractivity contribution in [2.75, 3.05) is 20.3 Å². The van der Waals surface area contributed by atoms with Crippen molar-refractivity contribution in [1.82, 2.24) is 14.9 Å². The molecule has 9 heteroatoms. The van der Waals surface area contributed by atoms with Crippen molar-refractivity contribution >= 4 is 18.4 Å². The molecule has 1 aromatic carbocycles. The molecule has 0 aliphatic carbocycles. The van der Waals surface area contributed by atoms with Gasteiger partial charge in [-0.15, -0.1) is 0 Å². The first-order valence-electron chi connectivity index (χ1n) is 7.74. The van der Waals surface area contributed by atoms with Crippen LogP contribution in [0.1, 0.15) is 30.3 Å². The number of nitrogens with zero attached hydrogens (tertiary/aromatic N) is 4. The van der Waals surface area contributed by atoms with Crippen LogP contribution in [0.3, 0.4) is 0 Å². The molecule has 2 aromatic rings. The summed E-state index contributed by atoms with van der Waals surface area (Å²) < 4.78 is 18.2. The van der Waals surface area contributed by atoms with E-state index in [1.54, 1.807) is 23.0 Å². The van der Waals surface area contributed by atoms with Gasteiger partial charge < -0.3 is 14.2 Å². The van der Waals surface area contributed by atoms with Crippen molar-refractivity contribution in [2.24, 2.45) is 5.10 Å². The van der Waals surface area contributed by atoms with Crippen LogP contribution in [-0.2, 0) is 4.74 Å². The van der Waals surface area contributed by atoms with Gasteiger partial charge in [-0.25, -0.2) is 0 Å². The fraction of sp³-hybridized carbons (Fsp3) is 0.375. The molecular formula is C16H17N5O3S. The van der Waals surface area contributed by atoms with E-state index in [0.717, 1.165) is 25.0 Å². The molecule has 0 bridgehead atoms. The number of hydrogen-bond donors (Lipinski definition) is 1. The zero-order chi connectivity index (χ0) is 17.6. The lowest BCUT2D eigenvalue weighted by molar-refractivity contribution is 0.102. The maximum atomic E-state index is 8.61. The Balaban J connectivity index is 1.84.